The fourth-order valence-electron chi connectivity index (χ4n) is 14.1. The Labute approximate surface area is 827 Å². The van der Waals surface area contributed by atoms with Gasteiger partial charge in [0.1, 0.15) is 96.7 Å². The topological polar surface area (TPSA) is 820 Å². The van der Waals surface area contributed by atoms with Crippen molar-refractivity contribution in [3.8, 4) is 0 Å². The van der Waals surface area contributed by atoms with Crippen LogP contribution >= 0.6 is 24.4 Å². The van der Waals surface area contributed by atoms with Crippen molar-refractivity contribution in [2.45, 2.75) is 302 Å². The molecule has 3 rings (SSSR count). The molecule has 3 aromatic rings. The zero-order valence-electron chi connectivity index (χ0n) is 82.3. The number of carboxylic acid groups (broad SMARTS) is 1. The van der Waals surface area contributed by atoms with Crippen LogP contribution in [0.5, 0.6) is 0 Å². The highest BCUT2D eigenvalue weighted by Crippen LogP contribution is 2.18. The zero-order valence-corrected chi connectivity index (χ0v) is 84.0. The van der Waals surface area contributed by atoms with Crippen molar-refractivity contribution >= 4 is 149 Å². The number of aliphatic hydroxyl groups is 1. The van der Waals surface area contributed by atoms with Crippen LogP contribution in [0.2, 0.25) is 0 Å². The Morgan fingerprint density at radius 1 is 0.390 bits per heavy atom. The summed E-state index contributed by atoms with van der Waals surface area (Å²) < 4.78 is 0. The first-order valence-electron chi connectivity index (χ1n) is 46.6. The van der Waals surface area contributed by atoms with Gasteiger partial charge in [-0.2, -0.15) is 24.4 Å². The summed E-state index contributed by atoms with van der Waals surface area (Å²) in [6.07, 6.45) is 5.71. The number of hydrogen-bond acceptors (Lipinski definition) is 29. The number of aromatic amines is 3. The minimum atomic E-state index is -1.84. The molecule has 19 atom stereocenters. The van der Waals surface area contributed by atoms with E-state index in [2.05, 4.69) is 133 Å². The molecule has 0 bridgehead atoms. The highest BCUT2D eigenvalue weighted by atomic mass is 32.2. The third kappa shape index (κ3) is 44.6. The molecule has 0 fully saturated rings. The number of hydrogen-bond donors (Lipinski definition) is 28. The Hall–Kier alpha value is -12.9. The van der Waals surface area contributed by atoms with Crippen molar-refractivity contribution in [1.29, 1.82) is 0 Å². The number of rotatable bonds is 67. The van der Waals surface area contributed by atoms with Crippen molar-refractivity contribution in [2.75, 3.05) is 30.9 Å². The van der Waals surface area contributed by atoms with Gasteiger partial charge in [-0.15, -0.1) is 0 Å². The van der Waals surface area contributed by atoms with Gasteiger partial charge in [-0.25, -0.2) is 19.7 Å². The van der Waals surface area contributed by atoms with E-state index in [-0.39, 0.29) is 94.1 Å². The molecule has 0 aliphatic heterocycles. The van der Waals surface area contributed by atoms with Crippen molar-refractivity contribution in [3.05, 3.63) is 54.7 Å². The molecule has 0 saturated heterocycles. The second-order valence-electron chi connectivity index (χ2n) is 36.5. The number of amides is 20. The molecule has 0 spiro atoms. The van der Waals surface area contributed by atoms with Gasteiger partial charge in [0.25, 0.3) is 0 Å². The van der Waals surface area contributed by atoms with Gasteiger partial charge in [-0.1, -0.05) is 89.5 Å². The number of unbranched alkanes of at least 4 members (excludes halogenated alkanes) is 1. The highest BCUT2D eigenvalue weighted by Gasteiger charge is 2.42. The normalized spacial score (nSPS) is 15.4. The van der Waals surface area contributed by atoms with Crippen LogP contribution in [0, 0.1) is 35.5 Å². The van der Waals surface area contributed by atoms with E-state index in [1.807, 2.05) is 0 Å². The molecule has 141 heavy (non-hydrogen) atoms. The average Bonchev–Trinajstić information content (AvgIpc) is 1.31. The number of aromatic nitrogens is 6. The number of imidazole rings is 3. The van der Waals surface area contributed by atoms with Crippen LogP contribution in [0.25, 0.3) is 0 Å². The molecule has 3 aromatic heterocycles. The molecular formula is C88H146N28O23S2. The minimum absolute atomic E-state index is 0.0246. The molecule has 53 heteroatoms. The predicted molar refractivity (Wildman–Crippen MR) is 517 cm³/mol. The lowest BCUT2D eigenvalue weighted by Gasteiger charge is -2.30. The van der Waals surface area contributed by atoms with E-state index in [4.69, 9.17) is 28.7 Å². The van der Waals surface area contributed by atoms with E-state index < -0.39 is 289 Å². The first-order valence-corrected chi connectivity index (χ1v) is 48.6. The maximum atomic E-state index is 14.8. The van der Waals surface area contributed by atoms with Gasteiger partial charge in [-0.3, -0.25) is 95.9 Å². The smallest absolute Gasteiger partial charge is 0.326 e. The van der Waals surface area contributed by atoms with E-state index in [1.54, 1.807) is 89.3 Å². The van der Waals surface area contributed by atoms with E-state index in [9.17, 15) is 111 Å². The number of H-pyrrole nitrogens is 3. The second kappa shape index (κ2) is 62.3. The number of nitrogens with one attached hydrogen (secondary N) is 20. The summed E-state index contributed by atoms with van der Waals surface area (Å²) >= 11 is 5.65. The van der Waals surface area contributed by atoms with Crippen LogP contribution in [0.15, 0.2) is 37.6 Å². The van der Waals surface area contributed by atoms with Crippen molar-refractivity contribution in [2.24, 2.45) is 64.2 Å². The number of carbonyl (C=O) groups excluding carboxylic acids is 20. The number of aliphatic hydroxyl groups excluding tert-OH is 1. The first kappa shape index (κ1) is 122. The third-order valence-corrected chi connectivity index (χ3v) is 23.1. The van der Waals surface area contributed by atoms with Crippen LogP contribution in [0.4, 0.5) is 0 Å². The summed E-state index contributed by atoms with van der Waals surface area (Å²) in [5.41, 5.74) is 29.4. The molecule has 0 aromatic carbocycles. The largest absolute Gasteiger partial charge is 0.480 e. The Kier molecular flexibility index (Phi) is 54.0. The van der Waals surface area contributed by atoms with Crippen LogP contribution in [-0.2, 0) is 120 Å². The maximum absolute atomic E-state index is 14.8. The lowest BCUT2D eigenvalue weighted by molar-refractivity contribution is -0.143. The quantitative estimate of drug-likeness (QED) is 0.0184. The highest BCUT2D eigenvalue weighted by molar-refractivity contribution is 7.98. The fraction of sp³-hybridized carbons (Fsp3) is 0.659. The number of thiol groups is 1. The first-order chi connectivity index (χ1) is 66.2. The summed E-state index contributed by atoms with van der Waals surface area (Å²) in [6.45, 7) is 21.7. The number of carboxylic acids is 1. The fourth-order valence-corrected chi connectivity index (χ4v) is 14.9. The van der Waals surface area contributed by atoms with Crippen LogP contribution in [0.3, 0.4) is 0 Å². The monoisotopic (exact) mass is 2030 g/mol. The number of thioether (sulfide) groups is 1. The van der Waals surface area contributed by atoms with Crippen molar-refractivity contribution in [1.82, 2.24) is 120 Å². The molecule has 32 N–H and O–H groups in total. The molecule has 20 amide bonds. The molecule has 51 nitrogen and oxygen atoms in total. The van der Waals surface area contributed by atoms with Gasteiger partial charge in [0, 0.05) is 67.1 Å². The SMILES string of the molecule is CC[C@H](C)[C@H](NC(=O)[C@H](CS)NC(=O)[C@H](CC(C)C)NC(=O)[C@@H](NC(=O)[C@@H](NC(=O)[C@H](Cc1cnc[nH]1)NC(=O)[C@@H](N)Cc1cnc[nH]1)[C@@H](C)O)C(C)C)C(=O)N[C@@H](Cc1cnc[nH]1)C(=O)N[C@@H](CC(C)C)C(=O)N[C@@H](CC(N)=O)C(=O)N[C@@H](CCCCN)C(=O)NCC(=O)N[C@H](C(=O)N[C@@H](C)C(=O)N[C@@H](CC(C)C)C(=O)N[C@@H](CCSC)C(=O)N[C@@H](CC(N)=O)C(=O)N[C@@H](CCC(N)=O)C(=O)O)C(C)C. The van der Waals surface area contributed by atoms with Gasteiger partial charge >= 0.3 is 5.97 Å². The van der Waals surface area contributed by atoms with Crippen molar-refractivity contribution in [3.63, 3.8) is 0 Å². The maximum Gasteiger partial charge on any atom is 0.326 e. The molecule has 0 radical (unpaired) electrons. The van der Waals surface area contributed by atoms with E-state index in [0.717, 1.165) is 0 Å². The Morgan fingerprint density at radius 3 is 1.16 bits per heavy atom. The number of aliphatic carboxylic acids is 1. The summed E-state index contributed by atoms with van der Waals surface area (Å²) in [6, 6.07) is -25.5. The molecule has 3 heterocycles. The van der Waals surface area contributed by atoms with Gasteiger partial charge in [-0.05, 0) is 119 Å². The Morgan fingerprint density at radius 2 is 0.745 bits per heavy atom. The second-order valence-corrected chi connectivity index (χ2v) is 37.9. The van der Waals surface area contributed by atoms with Crippen molar-refractivity contribution < 1.29 is 111 Å². The minimum Gasteiger partial charge on any atom is -0.480 e. The summed E-state index contributed by atoms with van der Waals surface area (Å²) in [4.78, 5) is 309. The average molecular weight is 2030 g/mol. The lowest BCUT2D eigenvalue weighted by Crippen LogP contribution is -2.63. The van der Waals surface area contributed by atoms with E-state index >= 15 is 0 Å². The standard InChI is InChI=1S/C88H146N28O23S2/c1-16-46(12)70(115-83(133)63(37-140)112-78(128)58(27-43(6)7)110-85(135)69(45(10)11)114-87(137)71(48(14)117)116-82(132)60(30-51-35-96-40-100-51)106-73(123)52(90)28-49-33-94-38-98-49)86(136)111-59(29-50-34-95-39-99-50)79(129)107-57(26-42(4)5)77(127)109-61(31-65(92)119)80(130)102-53(19-17-18-23-89)74(124)97-36-67(121)113-68(44(8)9)84(134)101-47(13)72(122)105-56(25-41(2)3)76(126)103-54(22-24-141-15)75(125)108-62(32-66(93)120)81(131)104-55(88(138)139)20-21-64(91)118/h33-35,38-48,52-63,68-71,117,140H,16-32,36-37,89-90H2,1-15H3,(H2,91,118)(H2,92,119)(H2,93,120)(H,94,98)(H,95,99)(H,96,100)(H,97,124)(H,101,134)(H,102,130)(H,103,126)(H,104,131)(H,105,122)(H,106,123)(H,107,129)(H,108,125)(H,109,127)(H,110,135)(H,111,136)(H,112,128)(H,113,121)(H,114,137)(H,115,133)(H,116,132)(H,138,139)/t46-,47-,48+,52-,53-,54-,55-,56-,57-,58-,59-,60-,61-,62-,63-,68-,69-,70-,71-/m0/s1. The lowest BCUT2D eigenvalue weighted by atomic mass is 9.96. The number of nitrogens with zero attached hydrogens (tertiary/aromatic N) is 3. The predicted octanol–water partition coefficient (Wildman–Crippen LogP) is -7.11. The van der Waals surface area contributed by atoms with E-state index in [0.29, 0.717) is 23.5 Å². The third-order valence-electron chi connectivity index (χ3n) is 22.1. The summed E-state index contributed by atoms with van der Waals surface area (Å²) in [5.74, 6) is -24.1. The van der Waals surface area contributed by atoms with Gasteiger partial charge in [0.2, 0.25) is 118 Å². The summed E-state index contributed by atoms with van der Waals surface area (Å²) in [5, 5.41) is 63.5. The molecule has 0 aliphatic rings. The number of nitrogens with two attached hydrogens (primary N) is 5. The molecule has 788 valence electrons. The van der Waals surface area contributed by atoms with Gasteiger partial charge in [0.15, 0.2) is 0 Å². The molecular weight excluding hydrogens is 1880 g/mol. The molecule has 0 unspecified atom stereocenters. The summed E-state index contributed by atoms with van der Waals surface area (Å²) in [7, 11) is 0. The zero-order chi connectivity index (χ0) is 106. The van der Waals surface area contributed by atoms with Crippen LogP contribution < -0.4 is 119 Å². The Balaban J connectivity index is 1.82. The number of carbonyl (C=O) groups is 21. The van der Waals surface area contributed by atoms with Gasteiger partial charge in [0.05, 0.1) is 50.5 Å². The molecule has 0 saturated carbocycles. The van der Waals surface area contributed by atoms with Crippen LogP contribution in [-0.4, -0.2) is 304 Å². The van der Waals surface area contributed by atoms with E-state index in [1.165, 1.54) is 63.2 Å². The Bertz CT molecular complexity index is 4640. The van der Waals surface area contributed by atoms with Gasteiger partial charge < -0.3 is 144 Å². The number of primary amides is 3. The molecule has 0 aliphatic carbocycles. The van der Waals surface area contributed by atoms with Crippen LogP contribution in [0.1, 0.15) is 191 Å².